The summed E-state index contributed by atoms with van der Waals surface area (Å²) in [7, 11) is 1.87. The van der Waals surface area contributed by atoms with Gasteiger partial charge in [0.2, 0.25) is 5.91 Å². The van der Waals surface area contributed by atoms with Crippen LogP contribution in [0.15, 0.2) is 16.5 Å². The van der Waals surface area contributed by atoms with Crippen LogP contribution >= 0.6 is 0 Å². The minimum atomic E-state index is 0.241. The van der Waals surface area contributed by atoms with Gasteiger partial charge in [-0.15, -0.1) is 0 Å². The molecule has 110 valence electrons. The van der Waals surface area contributed by atoms with Gasteiger partial charge in [0.15, 0.2) is 0 Å². The van der Waals surface area contributed by atoms with E-state index in [2.05, 4.69) is 5.32 Å². The highest BCUT2D eigenvalue weighted by molar-refractivity contribution is 5.76. The van der Waals surface area contributed by atoms with E-state index in [0.29, 0.717) is 31.0 Å². The molecule has 1 amide bonds. The van der Waals surface area contributed by atoms with Crippen molar-refractivity contribution in [1.29, 1.82) is 0 Å². The number of fused-ring (bicyclic) bond motifs is 2. The molecule has 2 unspecified atom stereocenters. The van der Waals surface area contributed by atoms with Crippen LogP contribution < -0.4 is 5.32 Å². The average Bonchev–Trinajstić information content (AvgIpc) is 2.95. The van der Waals surface area contributed by atoms with Gasteiger partial charge in [-0.05, 0) is 50.7 Å². The summed E-state index contributed by atoms with van der Waals surface area (Å²) in [4.78, 5) is 14.1. The first-order valence-corrected chi connectivity index (χ1v) is 7.65. The van der Waals surface area contributed by atoms with E-state index in [-0.39, 0.29) is 5.91 Å². The third-order valence-corrected chi connectivity index (χ3v) is 4.65. The van der Waals surface area contributed by atoms with Gasteiger partial charge < -0.3 is 14.6 Å². The normalized spacial score (nSPS) is 28.6. The maximum absolute atomic E-state index is 12.3. The molecule has 20 heavy (non-hydrogen) atoms. The van der Waals surface area contributed by atoms with Crippen molar-refractivity contribution in [3.05, 3.63) is 23.7 Å². The van der Waals surface area contributed by atoms with E-state index in [0.717, 1.165) is 24.4 Å². The summed E-state index contributed by atoms with van der Waals surface area (Å²) in [6.45, 7) is 2.50. The van der Waals surface area contributed by atoms with Gasteiger partial charge in [0.1, 0.15) is 11.5 Å². The summed E-state index contributed by atoms with van der Waals surface area (Å²) < 4.78 is 5.53. The lowest BCUT2D eigenvalue weighted by Crippen LogP contribution is -2.39. The number of nitrogens with zero attached hydrogens (tertiary/aromatic N) is 1. The molecule has 0 aromatic carbocycles. The van der Waals surface area contributed by atoms with Crippen molar-refractivity contribution in [3.63, 3.8) is 0 Å². The van der Waals surface area contributed by atoms with Gasteiger partial charge >= 0.3 is 0 Å². The van der Waals surface area contributed by atoms with Crippen molar-refractivity contribution in [3.8, 4) is 0 Å². The van der Waals surface area contributed by atoms with Crippen LogP contribution in [0.4, 0.5) is 0 Å². The number of carbonyl (C=O) groups excluding carboxylic acids is 1. The van der Waals surface area contributed by atoms with Crippen molar-refractivity contribution >= 4 is 5.91 Å². The molecule has 2 aliphatic heterocycles. The molecule has 1 N–H and O–H groups in total. The SMILES string of the molecule is Cc1ccc(CN(C)C(=O)CC2CC3CCC(C2)N3)o1. The lowest BCUT2D eigenvalue weighted by molar-refractivity contribution is -0.131. The van der Waals surface area contributed by atoms with Gasteiger partial charge in [-0.1, -0.05) is 0 Å². The maximum atomic E-state index is 12.3. The van der Waals surface area contributed by atoms with Crippen molar-refractivity contribution < 1.29 is 9.21 Å². The molecule has 2 fully saturated rings. The highest BCUT2D eigenvalue weighted by Gasteiger charge is 2.34. The summed E-state index contributed by atoms with van der Waals surface area (Å²) in [6.07, 6.45) is 5.59. The van der Waals surface area contributed by atoms with Gasteiger partial charge in [0.05, 0.1) is 6.54 Å². The molecule has 1 aromatic rings. The summed E-state index contributed by atoms with van der Waals surface area (Å²) in [5.41, 5.74) is 0. The maximum Gasteiger partial charge on any atom is 0.222 e. The summed E-state index contributed by atoms with van der Waals surface area (Å²) in [5, 5.41) is 3.63. The molecule has 2 aliphatic rings. The van der Waals surface area contributed by atoms with Crippen LogP contribution in [0.25, 0.3) is 0 Å². The van der Waals surface area contributed by atoms with Crippen LogP contribution in [0.1, 0.15) is 43.6 Å². The average molecular weight is 276 g/mol. The minimum absolute atomic E-state index is 0.241. The number of furan rings is 1. The fourth-order valence-corrected chi connectivity index (χ4v) is 3.64. The molecule has 1 aromatic heterocycles. The number of piperidine rings is 1. The van der Waals surface area contributed by atoms with E-state index < -0.39 is 0 Å². The number of carbonyl (C=O) groups is 1. The first kappa shape index (κ1) is 13.7. The Balaban J connectivity index is 1.51. The minimum Gasteiger partial charge on any atom is -0.464 e. The van der Waals surface area contributed by atoms with Crippen LogP contribution in [-0.4, -0.2) is 29.9 Å². The predicted molar refractivity (Wildman–Crippen MR) is 77.2 cm³/mol. The number of nitrogens with one attached hydrogen (secondary N) is 1. The largest absolute Gasteiger partial charge is 0.464 e. The molecule has 2 bridgehead atoms. The second kappa shape index (κ2) is 5.60. The molecule has 4 nitrogen and oxygen atoms in total. The Kier molecular flexibility index (Phi) is 3.83. The van der Waals surface area contributed by atoms with Gasteiger partial charge in [0, 0.05) is 25.6 Å². The quantitative estimate of drug-likeness (QED) is 0.919. The third kappa shape index (κ3) is 3.06. The predicted octanol–water partition coefficient (Wildman–Crippen LogP) is 2.47. The van der Waals surface area contributed by atoms with Crippen molar-refractivity contribution in [2.45, 2.75) is 57.7 Å². The highest BCUT2D eigenvalue weighted by atomic mass is 16.3. The molecule has 0 saturated carbocycles. The Morgan fingerprint density at radius 3 is 2.65 bits per heavy atom. The monoisotopic (exact) mass is 276 g/mol. The fourth-order valence-electron chi connectivity index (χ4n) is 3.64. The lowest BCUT2D eigenvalue weighted by atomic mass is 9.89. The Bertz CT molecular complexity index is 471. The zero-order valence-electron chi connectivity index (χ0n) is 12.4. The van der Waals surface area contributed by atoms with E-state index in [4.69, 9.17) is 4.42 Å². The summed E-state index contributed by atoms with van der Waals surface area (Å²) in [5.74, 6) is 2.56. The van der Waals surface area contributed by atoms with Crippen LogP contribution in [0, 0.1) is 12.8 Å². The molecule has 0 aliphatic carbocycles. The van der Waals surface area contributed by atoms with E-state index in [1.165, 1.54) is 12.8 Å². The van der Waals surface area contributed by atoms with E-state index in [1.807, 2.05) is 26.1 Å². The molecule has 3 rings (SSSR count). The number of hydrogen-bond donors (Lipinski definition) is 1. The third-order valence-electron chi connectivity index (χ3n) is 4.65. The molecule has 4 heteroatoms. The molecule has 3 heterocycles. The molecular formula is C16H24N2O2. The molecular weight excluding hydrogens is 252 g/mol. The van der Waals surface area contributed by atoms with Crippen molar-refractivity contribution in [1.82, 2.24) is 10.2 Å². The van der Waals surface area contributed by atoms with Crippen LogP contribution in [0.5, 0.6) is 0 Å². The van der Waals surface area contributed by atoms with E-state index in [9.17, 15) is 4.79 Å². The standard InChI is InChI=1S/C16H24N2O2/c1-11-3-6-15(20-11)10-18(2)16(19)9-12-7-13-4-5-14(8-12)17-13/h3,6,12-14,17H,4-5,7-10H2,1-2H3. The Hall–Kier alpha value is -1.29. The van der Waals surface area contributed by atoms with E-state index >= 15 is 0 Å². The summed E-state index contributed by atoms with van der Waals surface area (Å²) >= 11 is 0. The second-order valence-electron chi connectivity index (χ2n) is 6.44. The molecule has 0 radical (unpaired) electrons. The zero-order valence-corrected chi connectivity index (χ0v) is 12.4. The highest BCUT2D eigenvalue weighted by Crippen LogP contribution is 2.32. The first-order chi connectivity index (χ1) is 9.60. The lowest BCUT2D eigenvalue weighted by Gasteiger charge is -2.29. The number of amides is 1. The van der Waals surface area contributed by atoms with Crippen LogP contribution in [0.2, 0.25) is 0 Å². The molecule has 2 saturated heterocycles. The molecule has 0 spiro atoms. The number of hydrogen-bond acceptors (Lipinski definition) is 3. The topological polar surface area (TPSA) is 45.5 Å². The van der Waals surface area contributed by atoms with E-state index in [1.54, 1.807) is 4.90 Å². The van der Waals surface area contributed by atoms with Crippen LogP contribution in [-0.2, 0) is 11.3 Å². The summed E-state index contributed by atoms with van der Waals surface area (Å²) in [6, 6.07) is 5.20. The van der Waals surface area contributed by atoms with Gasteiger partial charge in [-0.25, -0.2) is 0 Å². The number of rotatable bonds is 4. The van der Waals surface area contributed by atoms with Gasteiger partial charge in [-0.2, -0.15) is 0 Å². The molecule has 2 atom stereocenters. The van der Waals surface area contributed by atoms with Crippen molar-refractivity contribution in [2.24, 2.45) is 5.92 Å². The van der Waals surface area contributed by atoms with Gasteiger partial charge in [-0.3, -0.25) is 4.79 Å². The Labute approximate surface area is 120 Å². The van der Waals surface area contributed by atoms with Gasteiger partial charge in [0.25, 0.3) is 0 Å². The second-order valence-corrected chi connectivity index (χ2v) is 6.44. The van der Waals surface area contributed by atoms with Crippen LogP contribution in [0.3, 0.4) is 0 Å². The first-order valence-electron chi connectivity index (χ1n) is 7.65. The fraction of sp³-hybridized carbons (Fsp3) is 0.688. The Morgan fingerprint density at radius 1 is 1.35 bits per heavy atom. The number of aryl methyl sites for hydroxylation is 1. The Morgan fingerprint density at radius 2 is 2.05 bits per heavy atom. The smallest absolute Gasteiger partial charge is 0.222 e. The van der Waals surface area contributed by atoms with Crippen molar-refractivity contribution in [2.75, 3.05) is 7.05 Å². The zero-order chi connectivity index (χ0) is 14.1.